The third-order valence-corrected chi connectivity index (χ3v) is 8.03. The molecule has 48 heavy (non-hydrogen) atoms. The van der Waals surface area contributed by atoms with Gasteiger partial charge in [0.2, 0.25) is 17.6 Å². The molecule has 1 atom stereocenters. The van der Waals surface area contributed by atoms with Gasteiger partial charge in [0.25, 0.3) is 0 Å². The summed E-state index contributed by atoms with van der Waals surface area (Å²) >= 11 is 3.26. The summed E-state index contributed by atoms with van der Waals surface area (Å²) in [5.41, 5.74) is 4.02. The molecule has 0 aliphatic carbocycles. The number of halogens is 1. The molecule has 4 aromatic rings. The fourth-order valence-corrected chi connectivity index (χ4v) is 5.21. The number of fused-ring (bicyclic) bond motifs is 1. The molecule has 1 aliphatic rings. The maximum Gasteiger partial charge on any atom is 0.303 e. The number of hydrogen-bond acceptors (Lipinski definition) is 10. The summed E-state index contributed by atoms with van der Waals surface area (Å²) in [6.45, 7) is 1.02. The van der Waals surface area contributed by atoms with Gasteiger partial charge in [0.05, 0.1) is 27.8 Å². The summed E-state index contributed by atoms with van der Waals surface area (Å²) in [5, 5.41) is 12.6. The number of carbonyl (C=O) groups excluding carboxylic acids is 1. The number of pyridine rings is 4. The lowest BCUT2D eigenvalue weighted by Crippen LogP contribution is -2.13. The van der Waals surface area contributed by atoms with Crippen LogP contribution in [0.1, 0.15) is 78.0 Å². The van der Waals surface area contributed by atoms with Crippen molar-refractivity contribution in [3.8, 4) is 17.6 Å². The van der Waals surface area contributed by atoms with Crippen LogP contribution in [0.25, 0.3) is 0 Å². The van der Waals surface area contributed by atoms with Crippen molar-refractivity contribution >= 4 is 34.0 Å². The van der Waals surface area contributed by atoms with Crippen molar-refractivity contribution in [3.63, 3.8) is 0 Å². The second-order valence-corrected chi connectivity index (χ2v) is 11.9. The quantitative estimate of drug-likeness (QED) is 0.0995. The second kappa shape index (κ2) is 21.3. The van der Waals surface area contributed by atoms with Crippen LogP contribution in [0.5, 0.6) is 17.6 Å². The number of aldehydes is 1. The number of methoxy groups -OCH3 is 3. The molecule has 256 valence electrons. The first-order chi connectivity index (χ1) is 23.3. The lowest BCUT2D eigenvalue weighted by atomic mass is 9.91. The number of carboxylic acids is 1. The minimum Gasteiger partial charge on any atom is -0.481 e. The molecule has 0 saturated heterocycles. The highest BCUT2D eigenvalue weighted by atomic mass is 79.9. The summed E-state index contributed by atoms with van der Waals surface area (Å²) in [7, 11) is 4.70. The molecule has 4 aromatic heterocycles. The van der Waals surface area contributed by atoms with Gasteiger partial charge in [0, 0.05) is 59.1 Å². The Kier molecular flexibility index (Phi) is 16.8. The van der Waals surface area contributed by atoms with Crippen molar-refractivity contribution in [2.24, 2.45) is 0 Å². The highest BCUT2D eigenvalue weighted by molar-refractivity contribution is 9.10. The molecule has 5 heterocycles. The Morgan fingerprint density at radius 2 is 1.54 bits per heavy atom. The number of carboxylic acid groups (broad SMARTS) is 1. The van der Waals surface area contributed by atoms with Crippen molar-refractivity contribution in [2.45, 2.75) is 63.7 Å². The van der Waals surface area contributed by atoms with E-state index in [0.29, 0.717) is 23.2 Å². The number of nitrogens with zero attached hydrogens (tertiary/aromatic N) is 4. The number of hydrogen-bond donors (Lipinski definition) is 2. The summed E-state index contributed by atoms with van der Waals surface area (Å²) in [5.74, 6) is 2.01. The lowest BCUT2D eigenvalue weighted by molar-refractivity contribution is -0.137. The smallest absolute Gasteiger partial charge is 0.303 e. The van der Waals surface area contributed by atoms with Gasteiger partial charge in [0.15, 0.2) is 6.29 Å². The highest BCUT2D eigenvalue weighted by Gasteiger charge is 2.16. The molecule has 5 rings (SSSR count). The largest absolute Gasteiger partial charge is 0.481 e. The molecular weight excluding hydrogens is 678 g/mol. The Morgan fingerprint density at radius 3 is 2.12 bits per heavy atom. The third-order valence-electron chi connectivity index (χ3n) is 7.56. The van der Waals surface area contributed by atoms with Crippen LogP contribution >= 0.6 is 15.9 Å². The van der Waals surface area contributed by atoms with Crippen LogP contribution in [0, 0.1) is 0 Å². The van der Waals surface area contributed by atoms with Crippen LogP contribution in [0.2, 0.25) is 0 Å². The van der Waals surface area contributed by atoms with E-state index in [0.717, 1.165) is 79.3 Å². The van der Waals surface area contributed by atoms with Gasteiger partial charge in [-0.2, -0.15) is 0 Å². The van der Waals surface area contributed by atoms with Crippen molar-refractivity contribution in [2.75, 3.05) is 33.2 Å². The normalized spacial score (nSPS) is 12.0. The molecule has 0 spiro atoms. The summed E-state index contributed by atoms with van der Waals surface area (Å²) < 4.78 is 15.7. The maximum atomic E-state index is 11.2. The number of unbranched alkanes of at least 4 members (excludes halogenated alkanes) is 3. The summed E-state index contributed by atoms with van der Waals surface area (Å²) in [6.07, 6.45) is 14.3. The van der Waals surface area contributed by atoms with Crippen LogP contribution in [0.4, 0.5) is 5.82 Å². The average molecular weight is 723 g/mol. The monoisotopic (exact) mass is 721 g/mol. The number of ether oxygens (including phenoxy) is 3. The maximum absolute atomic E-state index is 11.2. The zero-order valence-electron chi connectivity index (χ0n) is 27.7. The summed E-state index contributed by atoms with van der Waals surface area (Å²) in [4.78, 5) is 38.1. The van der Waals surface area contributed by atoms with Gasteiger partial charge < -0.3 is 24.6 Å². The van der Waals surface area contributed by atoms with Crippen LogP contribution in [-0.2, 0) is 17.6 Å². The van der Waals surface area contributed by atoms with Gasteiger partial charge in [-0.3, -0.25) is 9.59 Å². The molecule has 1 aliphatic heterocycles. The standard InChI is InChI=1S/C23H31N3O3.C7H7NO2.C6H6BrNO/c1-29-21-13-11-19(16-25-21)18(15-22(27)28)7-4-2-3-5-9-20-12-10-17-8-6-14-24-23(17)26-20;1-10-7-3-2-6(5-9)4-8-7;1-9-6-3-2-5(7)4-8-6/h10-13,16,18H,2-9,14-15H2,1H3,(H,24,26)(H,27,28);2-5H,1H3;2-4H,1H3. The summed E-state index contributed by atoms with van der Waals surface area (Å²) in [6, 6.07) is 15.1. The lowest BCUT2D eigenvalue weighted by Gasteiger charge is -2.17. The number of carbonyl (C=O) groups is 2. The molecule has 0 amide bonds. The number of aromatic nitrogens is 4. The molecule has 11 nitrogen and oxygen atoms in total. The van der Waals surface area contributed by atoms with Crippen molar-refractivity contribution in [1.29, 1.82) is 0 Å². The zero-order chi connectivity index (χ0) is 34.6. The average Bonchev–Trinajstić information content (AvgIpc) is 3.13. The van der Waals surface area contributed by atoms with Crippen LogP contribution in [0.15, 0.2) is 71.6 Å². The minimum absolute atomic E-state index is 0.000655. The predicted octanol–water partition coefficient (Wildman–Crippen LogP) is 7.35. The molecule has 12 heteroatoms. The number of nitrogens with one attached hydrogen (secondary N) is 1. The third kappa shape index (κ3) is 13.6. The van der Waals surface area contributed by atoms with E-state index in [1.165, 1.54) is 25.3 Å². The van der Waals surface area contributed by atoms with Gasteiger partial charge in [0.1, 0.15) is 5.82 Å². The van der Waals surface area contributed by atoms with E-state index in [9.17, 15) is 14.7 Å². The van der Waals surface area contributed by atoms with Crippen LogP contribution in [-0.4, -0.2) is 65.2 Å². The molecule has 0 radical (unpaired) electrons. The van der Waals surface area contributed by atoms with Crippen LogP contribution < -0.4 is 19.5 Å². The molecule has 1 unspecified atom stereocenters. The van der Waals surface area contributed by atoms with Crippen molar-refractivity contribution in [1.82, 2.24) is 19.9 Å². The molecule has 2 N–H and O–H groups in total. The molecule has 0 bridgehead atoms. The van der Waals surface area contributed by atoms with E-state index < -0.39 is 5.97 Å². The van der Waals surface area contributed by atoms with Crippen molar-refractivity contribution < 1.29 is 28.9 Å². The van der Waals surface area contributed by atoms with E-state index in [4.69, 9.17) is 19.2 Å². The van der Waals surface area contributed by atoms with E-state index in [2.05, 4.69) is 48.3 Å². The first kappa shape index (κ1) is 37.9. The highest BCUT2D eigenvalue weighted by Crippen LogP contribution is 2.27. The Hall–Kier alpha value is -4.58. The number of anilines is 1. The molecule has 0 aromatic carbocycles. The van der Waals surface area contributed by atoms with Gasteiger partial charge in [-0.05, 0) is 83.3 Å². The second-order valence-electron chi connectivity index (χ2n) is 11.0. The number of aryl methyl sites for hydroxylation is 2. The first-order valence-electron chi connectivity index (χ1n) is 15.9. The van der Waals surface area contributed by atoms with Gasteiger partial charge >= 0.3 is 5.97 Å². The fourth-order valence-electron chi connectivity index (χ4n) is 4.97. The Morgan fingerprint density at radius 1 is 0.875 bits per heavy atom. The van der Waals surface area contributed by atoms with E-state index in [-0.39, 0.29) is 12.3 Å². The number of rotatable bonds is 14. The Balaban J connectivity index is 0.000000266. The first-order valence-corrected chi connectivity index (χ1v) is 16.7. The van der Waals surface area contributed by atoms with E-state index in [1.807, 2.05) is 12.1 Å². The van der Waals surface area contributed by atoms with Gasteiger partial charge in [-0.1, -0.05) is 31.4 Å². The Bertz CT molecular complexity index is 1520. The minimum atomic E-state index is -0.766. The van der Waals surface area contributed by atoms with Crippen molar-refractivity contribution in [3.05, 3.63) is 94.0 Å². The zero-order valence-corrected chi connectivity index (χ0v) is 29.3. The van der Waals surface area contributed by atoms with E-state index in [1.54, 1.807) is 50.9 Å². The van der Waals surface area contributed by atoms with Gasteiger partial charge in [-0.25, -0.2) is 19.9 Å². The van der Waals surface area contributed by atoms with E-state index >= 15 is 0 Å². The fraction of sp³-hybridized carbons (Fsp3) is 0.389. The van der Waals surface area contributed by atoms with Crippen LogP contribution in [0.3, 0.4) is 0 Å². The topological polar surface area (TPSA) is 146 Å². The Labute approximate surface area is 290 Å². The predicted molar refractivity (Wildman–Crippen MR) is 188 cm³/mol. The molecular formula is C36H44BrN5O6. The molecule has 0 saturated carbocycles. The SMILES string of the molecule is COc1ccc(Br)cn1.COc1ccc(C(CCCCCCc2ccc3c(n2)NCCC3)CC(=O)O)cn1.COc1ccc(C=O)cn1. The number of aliphatic carboxylic acids is 1. The van der Waals surface area contributed by atoms with Gasteiger partial charge in [-0.15, -0.1) is 0 Å². The molecule has 0 fully saturated rings.